The molecule has 1 saturated carbocycles. The Hall–Kier alpha value is -1.79. The minimum Gasteiger partial charge on any atom is -0.480 e. The summed E-state index contributed by atoms with van der Waals surface area (Å²) in [5.74, 6) is -0.820. The number of carbonyl (C=O) groups excluding carboxylic acids is 1. The highest BCUT2D eigenvalue weighted by molar-refractivity contribution is 6.31. The third-order valence-corrected chi connectivity index (χ3v) is 4.77. The van der Waals surface area contributed by atoms with E-state index >= 15 is 0 Å². The summed E-state index contributed by atoms with van der Waals surface area (Å²) in [6.07, 6.45) is 1.55. The van der Waals surface area contributed by atoms with Gasteiger partial charge in [0.05, 0.1) is 12.6 Å². The van der Waals surface area contributed by atoms with E-state index in [1.807, 2.05) is 36.9 Å². The third-order valence-electron chi connectivity index (χ3n) is 4.43. The minimum absolute atomic E-state index is 0.0453. The number of rotatable bonds is 7. The number of carboxylic acid groups (broad SMARTS) is 1. The second-order valence-electron chi connectivity index (χ2n) is 6.14. The summed E-state index contributed by atoms with van der Waals surface area (Å²) in [6, 6.07) is 7.30. The fraction of sp³-hybridized carbons (Fsp3) is 0.529. The molecule has 2 amide bonds. The van der Waals surface area contributed by atoms with Crippen LogP contribution >= 0.6 is 11.6 Å². The fourth-order valence-corrected chi connectivity index (χ4v) is 3.30. The maximum atomic E-state index is 12.1. The number of nitrogens with zero attached hydrogens (tertiary/aromatic N) is 1. The van der Waals surface area contributed by atoms with E-state index in [9.17, 15) is 9.59 Å². The van der Waals surface area contributed by atoms with Crippen LogP contribution in [0.1, 0.15) is 38.3 Å². The molecule has 3 N–H and O–H groups in total. The van der Waals surface area contributed by atoms with Crippen molar-refractivity contribution in [3.8, 4) is 0 Å². The van der Waals surface area contributed by atoms with E-state index in [0.717, 1.165) is 18.4 Å². The van der Waals surface area contributed by atoms with E-state index in [1.54, 1.807) is 6.07 Å². The summed E-state index contributed by atoms with van der Waals surface area (Å²) < 4.78 is 0. The number of hydrogen-bond donors (Lipinski definition) is 3. The number of aliphatic carboxylic acids is 1. The highest BCUT2D eigenvalue weighted by Crippen LogP contribution is 2.26. The van der Waals surface area contributed by atoms with Gasteiger partial charge in [0.2, 0.25) is 0 Å². The number of carbonyl (C=O) groups is 2. The topological polar surface area (TPSA) is 81.7 Å². The van der Waals surface area contributed by atoms with Gasteiger partial charge in [-0.3, -0.25) is 9.69 Å². The zero-order chi connectivity index (χ0) is 17.7. The Balaban J connectivity index is 1.76. The predicted octanol–water partition coefficient (Wildman–Crippen LogP) is 2.64. The molecule has 1 aromatic rings. The Kier molecular flexibility index (Phi) is 6.45. The van der Waals surface area contributed by atoms with Crippen molar-refractivity contribution in [3.63, 3.8) is 0 Å². The van der Waals surface area contributed by atoms with Crippen molar-refractivity contribution in [1.82, 2.24) is 15.5 Å². The molecule has 1 atom stereocenters. The molecule has 0 spiro atoms. The van der Waals surface area contributed by atoms with Crippen LogP contribution in [0.2, 0.25) is 5.02 Å². The van der Waals surface area contributed by atoms with Gasteiger partial charge in [-0.05, 0) is 37.9 Å². The van der Waals surface area contributed by atoms with Crippen molar-refractivity contribution >= 4 is 23.6 Å². The van der Waals surface area contributed by atoms with Crippen LogP contribution in [0.25, 0.3) is 0 Å². The third kappa shape index (κ3) is 4.85. The number of likely N-dealkylation sites (N-methyl/N-ethyl adjacent to an activating group) is 1. The number of amides is 2. The molecular weight excluding hydrogens is 330 g/mol. The first kappa shape index (κ1) is 18.5. The quantitative estimate of drug-likeness (QED) is 0.703. The van der Waals surface area contributed by atoms with Gasteiger partial charge in [-0.25, -0.2) is 4.79 Å². The van der Waals surface area contributed by atoms with Gasteiger partial charge in [0.25, 0.3) is 0 Å². The first-order chi connectivity index (χ1) is 11.4. The second kappa shape index (κ2) is 8.35. The first-order valence-electron chi connectivity index (χ1n) is 8.18. The maximum absolute atomic E-state index is 12.1. The lowest BCUT2D eigenvalue weighted by atomic mass is 9.85. The number of halogens is 1. The molecule has 1 aliphatic carbocycles. The van der Waals surface area contributed by atoms with Crippen molar-refractivity contribution in [2.75, 3.05) is 13.1 Å². The van der Waals surface area contributed by atoms with Gasteiger partial charge in [0.15, 0.2) is 0 Å². The number of hydrogen-bond acceptors (Lipinski definition) is 3. The molecule has 132 valence electrons. The van der Waals surface area contributed by atoms with Gasteiger partial charge in [0.1, 0.15) is 0 Å². The Morgan fingerprint density at radius 1 is 1.38 bits per heavy atom. The van der Waals surface area contributed by atoms with Crippen LogP contribution in [0.4, 0.5) is 4.79 Å². The smallest absolute Gasteiger partial charge is 0.317 e. The Labute approximate surface area is 147 Å². The van der Waals surface area contributed by atoms with Crippen molar-refractivity contribution in [2.24, 2.45) is 0 Å². The van der Waals surface area contributed by atoms with Crippen LogP contribution in [-0.4, -0.2) is 47.2 Å². The minimum atomic E-state index is -0.820. The van der Waals surface area contributed by atoms with Crippen molar-refractivity contribution in [3.05, 3.63) is 34.9 Å². The summed E-state index contributed by atoms with van der Waals surface area (Å²) in [7, 11) is 0. The van der Waals surface area contributed by atoms with E-state index in [2.05, 4.69) is 10.6 Å². The molecule has 1 fully saturated rings. The van der Waals surface area contributed by atoms with Crippen LogP contribution in [0.15, 0.2) is 24.3 Å². The number of benzene rings is 1. The van der Waals surface area contributed by atoms with Crippen molar-refractivity contribution < 1.29 is 14.7 Å². The van der Waals surface area contributed by atoms with Crippen LogP contribution in [-0.2, 0) is 4.79 Å². The summed E-state index contributed by atoms with van der Waals surface area (Å²) in [6.45, 7) is 4.57. The monoisotopic (exact) mass is 353 g/mol. The molecule has 1 unspecified atom stereocenters. The van der Waals surface area contributed by atoms with Gasteiger partial charge in [-0.15, -0.1) is 0 Å². The zero-order valence-electron chi connectivity index (χ0n) is 14.0. The van der Waals surface area contributed by atoms with Crippen molar-refractivity contribution in [1.29, 1.82) is 0 Å². The van der Waals surface area contributed by atoms with Gasteiger partial charge in [-0.2, -0.15) is 0 Å². The molecular formula is C17H24ClN3O3. The van der Waals surface area contributed by atoms with Gasteiger partial charge in [-0.1, -0.05) is 36.7 Å². The molecule has 1 aliphatic rings. The molecule has 24 heavy (non-hydrogen) atoms. The average Bonchev–Trinajstić information content (AvgIpc) is 2.48. The standard InChI is InChI=1S/C17H24ClN3O3/c1-3-21(10-16(22)23)13-8-12(9-13)20-17(24)19-11(2)14-6-4-5-7-15(14)18/h4-7,11-13H,3,8-10H2,1-2H3,(H,22,23)(H2,19,20,24). The summed E-state index contributed by atoms with van der Waals surface area (Å²) in [5.41, 5.74) is 0.874. The van der Waals surface area contributed by atoms with Crippen LogP contribution in [0.3, 0.4) is 0 Å². The molecule has 0 bridgehead atoms. The maximum Gasteiger partial charge on any atom is 0.317 e. The molecule has 2 rings (SSSR count). The average molecular weight is 354 g/mol. The van der Waals surface area contributed by atoms with E-state index in [1.165, 1.54) is 0 Å². The van der Waals surface area contributed by atoms with Crippen LogP contribution in [0.5, 0.6) is 0 Å². The molecule has 0 aliphatic heterocycles. The van der Waals surface area contributed by atoms with E-state index in [0.29, 0.717) is 11.6 Å². The summed E-state index contributed by atoms with van der Waals surface area (Å²) in [4.78, 5) is 24.8. The highest BCUT2D eigenvalue weighted by atomic mass is 35.5. The van der Waals surface area contributed by atoms with Gasteiger partial charge < -0.3 is 15.7 Å². The Morgan fingerprint density at radius 3 is 2.62 bits per heavy atom. The zero-order valence-corrected chi connectivity index (χ0v) is 14.7. The predicted molar refractivity (Wildman–Crippen MR) is 93.2 cm³/mol. The number of carboxylic acids is 1. The molecule has 0 aromatic heterocycles. The molecule has 0 heterocycles. The molecule has 0 radical (unpaired) electrons. The number of urea groups is 1. The Morgan fingerprint density at radius 2 is 2.04 bits per heavy atom. The highest BCUT2D eigenvalue weighted by Gasteiger charge is 2.34. The lowest BCUT2D eigenvalue weighted by molar-refractivity contribution is -0.139. The summed E-state index contributed by atoms with van der Waals surface area (Å²) in [5, 5.41) is 15.3. The van der Waals surface area contributed by atoms with Gasteiger partial charge >= 0.3 is 12.0 Å². The molecule has 1 aromatic carbocycles. The van der Waals surface area contributed by atoms with E-state index in [-0.39, 0.29) is 30.7 Å². The normalized spacial score (nSPS) is 21.0. The first-order valence-corrected chi connectivity index (χ1v) is 8.55. The Bertz CT molecular complexity index is 590. The van der Waals surface area contributed by atoms with Crippen LogP contribution in [0, 0.1) is 0 Å². The van der Waals surface area contributed by atoms with Crippen molar-refractivity contribution in [2.45, 2.75) is 44.8 Å². The molecule has 0 saturated heterocycles. The van der Waals surface area contributed by atoms with E-state index < -0.39 is 5.97 Å². The van der Waals surface area contributed by atoms with E-state index in [4.69, 9.17) is 16.7 Å². The number of nitrogens with one attached hydrogen (secondary N) is 2. The molecule has 7 heteroatoms. The second-order valence-corrected chi connectivity index (χ2v) is 6.55. The lowest BCUT2D eigenvalue weighted by Gasteiger charge is -2.42. The van der Waals surface area contributed by atoms with Crippen LogP contribution < -0.4 is 10.6 Å². The largest absolute Gasteiger partial charge is 0.480 e. The SMILES string of the molecule is CCN(CC(=O)O)C1CC(NC(=O)NC(C)c2ccccc2Cl)C1. The van der Waals surface area contributed by atoms with Gasteiger partial charge in [0, 0.05) is 17.1 Å². The molecule has 6 nitrogen and oxygen atoms in total. The lowest BCUT2D eigenvalue weighted by Crippen LogP contribution is -2.56. The summed E-state index contributed by atoms with van der Waals surface area (Å²) >= 11 is 6.13. The fourth-order valence-electron chi connectivity index (χ4n) is 3.00.